The van der Waals surface area contributed by atoms with E-state index in [2.05, 4.69) is 5.32 Å². The lowest BCUT2D eigenvalue weighted by atomic mass is 10.1. The van der Waals surface area contributed by atoms with Gasteiger partial charge in [0.05, 0.1) is 27.2 Å². The molecule has 1 N–H and O–H groups in total. The maximum Gasteiger partial charge on any atom is 0.264 e. The first-order valence-electron chi connectivity index (χ1n) is 13.4. The molecule has 3 aromatic rings. The predicted molar refractivity (Wildman–Crippen MR) is 170 cm³/mol. The van der Waals surface area contributed by atoms with Gasteiger partial charge in [-0.3, -0.25) is 13.9 Å². The topological polar surface area (TPSA) is 96.0 Å². The molecule has 1 atom stereocenters. The Morgan fingerprint density at radius 1 is 1.00 bits per heavy atom. The van der Waals surface area contributed by atoms with Crippen LogP contribution in [0.1, 0.15) is 32.8 Å². The van der Waals surface area contributed by atoms with Crippen molar-refractivity contribution >= 4 is 62.5 Å². The van der Waals surface area contributed by atoms with Crippen LogP contribution < -0.4 is 14.4 Å². The number of carbonyl (C=O) groups excluding carboxylic acids is 2. The number of sulfonamides is 1. The lowest BCUT2D eigenvalue weighted by molar-refractivity contribution is -0.139. The van der Waals surface area contributed by atoms with Crippen LogP contribution in [0.5, 0.6) is 5.75 Å². The van der Waals surface area contributed by atoms with Gasteiger partial charge in [0.1, 0.15) is 18.3 Å². The SMILES string of the molecule is CCCNC(=O)[C@@H](C)N(Cc1ccc(Cl)c(Cl)c1)C(=O)CN(c1ccccc1OCC)S(=O)(=O)c1ccc(SC)cc1. The highest BCUT2D eigenvalue weighted by Gasteiger charge is 2.33. The van der Waals surface area contributed by atoms with Gasteiger partial charge in [-0.1, -0.05) is 48.3 Å². The van der Waals surface area contributed by atoms with E-state index in [0.717, 1.165) is 15.6 Å². The molecule has 0 aliphatic carbocycles. The number of ether oxygens (including phenoxy) is 1. The molecular formula is C30H35Cl2N3O5S2. The average Bonchev–Trinajstić information content (AvgIpc) is 2.99. The van der Waals surface area contributed by atoms with Gasteiger partial charge in [-0.25, -0.2) is 8.42 Å². The molecule has 12 heteroatoms. The number of thioether (sulfide) groups is 1. The number of hydrogen-bond donors (Lipinski definition) is 1. The van der Waals surface area contributed by atoms with E-state index in [9.17, 15) is 18.0 Å². The second-order valence-electron chi connectivity index (χ2n) is 9.33. The van der Waals surface area contributed by atoms with Gasteiger partial charge >= 0.3 is 0 Å². The Morgan fingerprint density at radius 2 is 1.69 bits per heavy atom. The first-order valence-corrected chi connectivity index (χ1v) is 16.8. The van der Waals surface area contributed by atoms with E-state index in [-0.39, 0.29) is 23.0 Å². The van der Waals surface area contributed by atoms with Gasteiger partial charge in [0.25, 0.3) is 10.0 Å². The lowest BCUT2D eigenvalue weighted by Crippen LogP contribution is -2.51. The van der Waals surface area contributed by atoms with Crippen LogP contribution in [0.15, 0.2) is 76.5 Å². The summed E-state index contributed by atoms with van der Waals surface area (Å²) in [7, 11) is -4.24. The summed E-state index contributed by atoms with van der Waals surface area (Å²) in [6.07, 6.45) is 2.61. The number of benzene rings is 3. The van der Waals surface area contributed by atoms with Crippen LogP contribution in [0.4, 0.5) is 5.69 Å². The molecule has 8 nitrogen and oxygen atoms in total. The number of carbonyl (C=O) groups is 2. The van der Waals surface area contributed by atoms with E-state index in [1.165, 1.54) is 28.8 Å². The Labute approximate surface area is 262 Å². The largest absolute Gasteiger partial charge is 0.492 e. The van der Waals surface area contributed by atoms with Crippen LogP contribution >= 0.6 is 35.0 Å². The molecule has 0 fully saturated rings. The van der Waals surface area contributed by atoms with Crippen molar-refractivity contribution in [1.82, 2.24) is 10.2 Å². The summed E-state index contributed by atoms with van der Waals surface area (Å²) in [5, 5.41) is 3.47. The second-order valence-corrected chi connectivity index (χ2v) is 12.9. The van der Waals surface area contributed by atoms with Crippen LogP contribution in [-0.4, -0.2) is 57.1 Å². The molecular weight excluding hydrogens is 617 g/mol. The Balaban J connectivity index is 2.08. The molecule has 0 saturated heterocycles. The number of hydrogen-bond acceptors (Lipinski definition) is 6. The van der Waals surface area contributed by atoms with Crippen LogP contribution in [0.25, 0.3) is 0 Å². The Kier molecular flexibility index (Phi) is 12.4. The van der Waals surface area contributed by atoms with Crippen LogP contribution in [0.3, 0.4) is 0 Å². The monoisotopic (exact) mass is 651 g/mol. The quantitative estimate of drug-likeness (QED) is 0.207. The normalized spacial score (nSPS) is 12.0. The van der Waals surface area contributed by atoms with Gasteiger partial charge in [-0.05, 0) is 80.6 Å². The third-order valence-electron chi connectivity index (χ3n) is 6.41. The van der Waals surface area contributed by atoms with Gasteiger partial charge in [0.2, 0.25) is 11.8 Å². The minimum absolute atomic E-state index is 0.000150. The first-order chi connectivity index (χ1) is 20.0. The smallest absolute Gasteiger partial charge is 0.264 e. The fraction of sp³-hybridized carbons (Fsp3) is 0.333. The highest BCUT2D eigenvalue weighted by molar-refractivity contribution is 7.98. The third kappa shape index (κ3) is 8.34. The van der Waals surface area contributed by atoms with E-state index in [0.29, 0.717) is 34.5 Å². The molecule has 0 unspecified atom stereocenters. The van der Waals surface area contributed by atoms with Gasteiger partial charge in [0, 0.05) is 18.0 Å². The summed E-state index contributed by atoms with van der Waals surface area (Å²) in [6.45, 7) is 5.47. The van der Waals surface area contributed by atoms with E-state index in [1.54, 1.807) is 68.4 Å². The summed E-state index contributed by atoms with van der Waals surface area (Å²) in [6, 6.07) is 17.1. The molecule has 0 aromatic heterocycles. The standard InChI is InChI=1S/C30H35Cl2N3O5S2/c1-5-17-33-30(37)21(3)34(19-22-11-16-25(31)26(32)18-22)29(36)20-35(27-9-7-8-10-28(27)40-6-2)42(38,39)24-14-12-23(41-4)13-15-24/h7-16,18,21H,5-6,17,19-20H2,1-4H3,(H,33,37)/t21-/m1/s1. The Morgan fingerprint density at radius 3 is 2.31 bits per heavy atom. The number of halogens is 2. The Hall–Kier alpha value is -2.92. The van der Waals surface area contributed by atoms with Gasteiger partial charge in [-0.2, -0.15) is 0 Å². The minimum Gasteiger partial charge on any atom is -0.492 e. The lowest BCUT2D eigenvalue weighted by Gasteiger charge is -2.32. The summed E-state index contributed by atoms with van der Waals surface area (Å²) in [4.78, 5) is 29.4. The maximum absolute atomic E-state index is 14.1. The molecule has 3 rings (SSSR count). The zero-order chi connectivity index (χ0) is 30.9. The van der Waals surface area contributed by atoms with Crippen molar-refractivity contribution in [2.24, 2.45) is 0 Å². The van der Waals surface area contributed by atoms with E-state index < -0.39 is 28.5 Å². The van der Waals surface area contributed by atoms with E-state index >= 15 is 0 Å². The van der Waals surface area contributed by atoms with Gasteiger partial charge in [0.15, 0.2) is 0 Å². The van der Waals surface area contributed by atoms with Crippen molar-refractivity contribution < 1.29 is 22.7 Å². The zero-order valence-corrected chi connectivity index (χ0v) is 27.1. The Bertz CT molecular complexity index is 1490. The highest BCUT2D eigenvalue weighted by atomic mass is 35.5. The first kappa shape index (κ1) is 33.6. The summed E-state index contributed by atoms with van der Waals surface area (Å²) < 4.78 is 35.0. The van der Waals surface area contributed by atoms with Crippen molar-refractivity contribution in [2.75, 3.05) is 30.3 Å². The number of nitrogens with zero attached hydrogens (tertiary/aromatic N) is 2. The molecule has 0 heterocycles. The molecule has 0 spiro atoms. The predicted octanol–water partition coefficient (Wildman–Crippen LogP) is 6.25. The summed E-state index contributed by atoms with van der Waals surface area (Å²) in [5.74, 6) is -0.639. The number of anilines is 1. The molecule has 0 bridgehead atoms. The van der Waals surface area contributed by atoms with Crippen molar-refractivity contribution in [3.63, 3.8) is 0 Å². The number of rotatable bonds is 14. The molecule has 2 amide bonds. The highest BCUT2D eigenvalue weighted by Crippen LogP contribution is 2.33. The van der Waals surface area contributed by atoms with Crippen LogP contribution in [0.2, 0.25) is 10.0 Å². The van der Waals surface area contributed by atoms with Crippen molar-refractivity contribution in [3.8, 4) is 5.75 Å². The minimum atomic E-state index is -4.24. The molecule has 42 heavy (non-hydrogen) atoms. The van der Waals surface area contributed by atoms with E-state index in [1.807, 2.05) is 13.2 Å². The fourth-order valence-corrected chi connectivity index (χ4v) is 6.30. The number of amides is 2. The van der Waals surface area contributed by atoms with Crippen molar-refractivity contribution in [3.05, 3.63) is 82.3 Å². The number of nitrogens with one attached hydrogen (secondary N) is 1. The van der Waals surface area contributed by atoms with Crippen LogP contribution in [-0.2, 0) is 26.2 Å². The molecule has 0 radical (unpaired) electrons. The molecule has 226 valence electrons. The summed E-state index contributed by atoms with van der Waals surface area (Å²) >= 11 is 13.8. The molecule has 3 aromatic carbocycles. The zero-order valence-electron chi connectivity index (χ0n) is 24.0. The molecule has 0 saturated carbocycles. The van der Waals surface area contributed by atoms with Crippen molar-refractivity contribution in [1.29, 1.82) is 0 Å². The van der Waals surface area contributed by atoms with Gasteiger partial charge in [-0.15, -0.1) is 11.8 Å². The van der Waals surface area contributed by atoms with E-state index in [4.69, 9.17) is 27.9 Å². The number of para-hydroxylation sites is 2. The third-order valence-corrected chi connectivity index (χ3v) is 9.67. The summed E-state index contributed by atoms with van der Waals surface area (Å²) in [5.41, 5.74) is 0.837. The van der Waals surface area contributed by atoms with Crippen molar-refractivity contribution in [2.45, 2.75) is 49.6 Å². The van der Waals surface area contributed by atoms with Gasteiger partial charge < -0.3 is 15.0 Å². The fourth-order valence-electron chi connectivity index (χ4n) is 4.14. The second kappa shape index (κ2) is 15.5. The molecule has 0 aliphatic heterocycles. The molecule has 0 aliphatic rings. The van der Waals surface area contributed by atoms with Crippen LogP contribution in [0, 0.1) is 0 Å². The maximum atomic E-state index is 14.1. The average molecular weight is 653 g/mol.